The smallest absolute Gasteiger partial charge is 0.270 e. The van der Waals surface area contributed by atoms with Crippen LogP contribution in [0.3, 0.4) is 0 Å². The molecule has 1 fully saturated rings. The third-order valence-electron chi connectivity index (χ3n) is 4.94. The van der Waals surface area contributed by atoms with Crippen LogP contribution in [0.5, 0.6) is 0 Å². The van der Waals surface area contributed by atoms with Gasteiger partial charge in [-0.05, 0) is 35.9 Å². The molecule has 0 atom stereocenters. The Hall–Kier alpha value is -2.60. The number of fused-ring (bicyclic) bond motifs is 1. The number of hydrogen-bond acceptors (Lipinski definition) is 3. The van der Waals surface area contributed by atoms with Gasteiger partial charge in [-0.3, -0.25) is 9.59 Å². The number of nitrogens with zero attached hydrogens (tertiary/aromatic N) is 1. The minimum atomic E-state index is -0.0186. The van der Waals surface area contributed by atoms with Gasteiger partial charge >= 0.3 is 0 Å². The molecule has 0 unspecified atom stereocenters. The van der Waals surface area contributed by atoms with Crippen LogP contribution in [-0.4, -0.2) is 34.8 Å². The summed E-state index contributed by atoms with van der Waals surface area (Å²) < 4.78 is 0. The molecule has 4 rings (SSSR count). The molecule has 2 amide bonds. The van der Waals surface area contributed by atoms with Gasteiger partial charge in [0.05, 0.1) is 0 Å². The summed E-state index contributed by atoms with van der Waals surface area (Å²) in [5.74, 6) is 0.0905. The average Bonchev–Trinajstić information content (AvgIpc) is 3.29. The van der Waals surface area contributed by atoms with Crippen molar-refractivity contribution >= 4 is 33.4 Å². The summed E-state index contributed by atoms with van der Waals surface area (Å²) in [7, 11) is 0. The summed E-state index contributed by atoms with van der Waals surface area (Å²) in [4.78, 5) is 31.1. The zero-order chi connectivity index (χ0) is 17.9. The highest BCUT2D eigenvalue weighted by molar-refractivity contribution is 7.16. The molecular weight excluding hydrogens is 346 g/mol. The van der Waals surface area contributed by atoms with Crippen molar-refractivity contribution < 1.29 is 9.59 Å². The predicted molar refractivity (Wildman–Crippen MR) is 103 cm³/mol. The first kappa shape index (κ1) is 16.8. The van der Waals surface area contributed by atoms with Crippen molar-refractivity contribution in [2.75, 3.05) is 13.1 Å². The Morgan fingerprint density at radius 1 is 1.15 bits per heavy atom. The lowest BCUT2D eigenvalue weighted by Crippen LogP contribution is -2.43. The Balaban J connectivity index is 1.30. The Kier molecular flexibility index (Phi) is 4.75. The quantitative estimate of drug-likeness (QED) is 0.742. The molecule has 1 saturated heterocycles. The maximum absolute atomic E-state index is 12.7. The van der Waals surface area contributed by atoms with Crippen molar-refractivity contribution in [2.24, 2.45) is 5.92 Å². The molecule has 26 heavy (non-hydrogen) atoms. The van der Waals surface area contributed by atoms with E-state index in [1.54, 1.807) is 11.3 Å². The fraction of sp³-hybridized carbons (Fsp3) is 0.300. The number of aromatic nitrogens is 1. The SMILES string of the molecule is O=C(NCc1ccccc1)C1CCN(C(=O)c2cc3ccsc3[nH]2)CC1. The summed E-state index contributed by atoms with van der Waals surface area (Å²) >= 11 is 1.60. The van der Waals surface area contributed by atoms with Gasteiger partial charge in [0, 0.05) is 30.9 Å². The van der Waals surface area contributed by atoms with Crippen molar-refractivity contribution in [3.8, 4) is 0 Å². The van der Waals surface area contributed by atoms with E-state index in [1.165, 1.54) is 0 Å². The standard InChI is InChI=1S/C20H21N3O2S/c24-18(21-13-14-4-2-1-3-5-14)15-6-9-23(10-7-15)20(25)17-12-16-8-11-26-19(16)22-17/h1-5,8,11-12,15,22H,6-7,9-10,13H2,(H,21,24). The number of carbonyl (C=O) groups is 2. The molecule has 6 heteroatoms. The monoisotopic (exact) mass is 367 g/mol. The number of rotatable bonds is 4. The maximum Gasteiger partial charge on any atom is 0.270 e. The molecule has 1 aromatic carbocycles. The van der Waals surface area contributed by atoms with E-state index in [0.717, 1.165) is 15.8 Å². The minimum absolute atomic E-state index is 0.0186. The van der Waals surface area contributed by atoms with E-state index >= 15 is 0 Å². The second kappa shape index (κ2) is 7.33. The molecule has 0 bridgehead atoms. The van der Waals surface area contributed by atoms with E-state index in [1.807, 2.05) is 52.7 Å². The number of carbonyl (C=O) groups excluding carboxylic acids is 2. The average molecular weight is 367 g/mol. The third kappa shape index (κ3) is 3.51. The third-order valence-corrected chi connectivity index (χ3v) is 5.78. The fourth-order valence-corrected chi connectivity index (χ4v) is 4.19. The van der Waals surface area contributed by atoms with Crippen LogP contribution in [0, 0.1) is 5.92 Å². The summed E-state index contributed by atoms with van der Waals surface area (Å²) in [6.07, 6.45) is 1.42. The molecule has 1 aliphatic rings. The number of H-pyrrole nitrogens is 1. The van der Waals surface area contributed by atoms with Gasteiger partial charge in [-0.1, -0.05) is 30.3 Å². The molecule has 0 saturated carbocycles. The molecule has 1 aliphatic heterocycles. The van der Waals surface area contributed by atoms with Crippen molar-refractivity contribution in [3.05, 3.63) is 59.1 Å². The summed E-state index contributed by atoms with van der Waals surface area (Å²) in [5.41, 5.74) is 1.74. The lowest BCUT2D eigenvalue weighted by atomic mass is 9.95. The molecule has 2 N–H and O–H groups in total. The van der Waals surface area contributed by atoms with Crippen LogP contribution in [0.2, 0.25) is 0 Å². The molecule has 0 radical (unpaired) electrons. The summed E-state index contributed by atoms with van der Waals surface area (Å²) in [6, 6.07) is 13.8. The van der Waals surface area contributed by atoms with Gasteiger partial charge in [0.15, 0.2) is 0 Å². The number of aromatic amines is 1. The van der Waals surface area contributed by atoms with Crippen molar-refractivity contribution in [1.82, 2.24) is 15.2 Å². The first-order valence-electron chi connectivity index (χ1n) is 8.88. The lowest BCUT2D eigenvalue weighted by molar-refractivity contribution is -0.126. The van der Waals surface area contributed by atoms with Crippen molar-refractivity contribution in [1.29, 1.82) is 0 Å². The van der Waals surface area contributed by atoms with Crippen LogP contribution in [0.25, 0.3) is 10.2 Å². The van der Waals surface area contributed by atoms with E-state index < -0.39 is 0 Å². The first-order valence-corrected chi connectivity index (χ1v) is 9.76. The maximum atomic E-state index is 12.7. The molecule has 134 valence electrons. The molecule has 3 heterocycles. The van der Waals surface area contributed by atoms with Gasteiger partial charge in [0.25, 0.3) is 5.91 Å². The van der Waals surface area contributed by atoms with E-state index in [4.69, 9.17) is 0 Å². The van der Waals surface area contributed by atoms with Gasteiger partial charge in [0.2, 0.25) is 5.91 Å². The number of amides is 2. The molecule has 3 aromatic rings. The number of nitrogens with one attached hydrogen (secondary N) is 2. The first-order chi connectivity index (χ1) is 12.7. The van der Waals surface area contributed by atoms with E-state index in [-0.39, 0.29) is 17.7 Å². The van der Waals surface area contributed by atoms with Crippen LogP contribution in [0.15, 0.2) is 47.8 Å². The van der Waals surface area contributed by atoms with E-state index in [9.17, 15) is 9.59 Å². The largest absolute Gasteiger partial charge is 0.352 e. The second-order valence-electron chi connectivity index (χ2n) is 6.66. The highest BCUT2D eigenvalue weighted by Gasteiger charge is 2.28. The van der Waals surface area contributed by atoms with Crippen LogP contribution < -0.4 is 5.32 Å². The zero-order valence-corrected chi connectivity index (χ0v) is 15.2. The molecule has 0 aliphatic carbocycles. The number of hydrogen-bond donors (Lipinski definition) is 2. The van der Waals surface area contributed by atoms with Crippen molar-refractivity contribution in [3.63, 3.8) is 0 Å². The predicted octanol–water partition coefficient (Wildman–Crippen LogP) is 3.40. The van der Waals surface area contributed by atoms with Gasteiger partial charge in [-0.25, -0.2) is 0 Å². The second-order valence-corrected chi connectivity index (χ2v) is 7.57. The van der Waals surface area contributed by atoms with Gasteiger partial charge < -0.3 is 15.2 Å². The Labute approximate surface area is 156 Å². The summed E-state index contributed by atoms with van der Waals surface area (Å²) in [6.45, 7) is 1.79. The van der Waals surface area contributed by atoms with Crippen LogP contribution >= 0.6 is 11.3 Å². The molecule has 0 spiro atoms. The number of piperidine rings is 1. The Morgan fingerprint density at radius 2 is 1.92 bits per heavy atom. The van der Waals surface area contributed by atoms with Crippen molar-refractivity contribution in [2.45, 2.75) is 19.4 Å². The minimum Gasteiger partial charge on any atom is -0.352 e. The normalized spacial score (nSPS) is 15.3. The summed E-state index contributed by atoms with van der Waals surface area (Å²) in [5, 5.41) is 6.10. The highest BCUT2D eigenvalue weighted by Crippen LogP contribution is 2.24. The fourth-order valence-electron chi connectivity index (χ4n) is 3.41. The lowest BCUT2D eigenvalue weighted by Gasteiger charge is -2.31. The number of likely N-dealkylation sites (tertiary alicyclic amines) is 1. The van der Waals surface area contributed by atoms with E-state index in [2.05, 4.69) is 10.3 Å². The highest BCUT2D eigenvalue weighted by atomic mass is 32.1. The number of thiophene rings is 1. The van der Waals surface area contributed by atoms with Crippen LogP contribution in [-0.2, 0) is 11.3 Å². The topological polar surface area (TPSA) is 65.2 Å². The Morgan fingerprint density at radius 3 is 2.65 bits per heavy atom. The van der Waals surface area contributed by atoms with Gasteiger partial charge in [-0.15, -0.1) is 11.3 Å². The molecule has 5 nitrogen and oxygen atoms in total. The molecular formula is C20H21N3O2S. The zero-order valence-electron chi connectivity index (χ0n) is 14.4. The number of benzene rings is 1. The Bertz CT molecular complexity index is 879. The van der Waals surface area contributed by atoms with Gasteiger partial charge in [-0.2, -0.15) is 0 Å². The van der Waals surface area contributed by atoms with Crippen LogP contribution in [0.1, 0.15) is 28.9 Å². The van der Waals surface area contributed by atoms with Gasteiger partial charge in [0.1, 0.15) is 10.5 Å². The van der Waals surface area contributed by atoms with E-state index in [0.29, 0.717) is 38.2 Å². The van der Waals surface area contributed by atoms with Crippen LogP contribution in [0.4, 0.5) is 0 Å². The molecule has 2 aromatic heterocycles.